The first-order valence-electron chi connectivity index (χ1n) is 7.10. The highest BCUT2D eigenvalue weighted by Crippen LogP contribution is 2.26. The van der Waals surface area contributed by atoms with Crippen LogP contribution in [0.2, 0.25) is 0 Å². The van der Waals surface area contributed by atoms with Gasteiger partial charge in [0.05, 0.1) is 22.0 Å². The molecule has 0 bridgehead atoms. The van der Waals surface area contributed by atoms with Crippen LogP contribution in [0.15, 0.2) is 59.5 Å². The number of hydrogen-bond donors (Lipinski definition) is 0. The van der Waals surface area contributed by atoms with E-state index in [1.54, 1.807) is 30.3 Å². The van der Waals surface area contributed by atoms with Gasteiger partial charge in [0.15, 0.2) is 9.84 Å². The molecule has 0 saturated heterocycles. The topological polar surface area (TPSA) is 52.0 Å². The van der Waals surface area contributed by atoms with E-state index < -0.39 is 16.5 Å². The molecule has 0 aliphatic heterocycles. The van der Waals surface area contributed by atoms with Crippen LogP contribution in [-0.4, -0.2) is 24.5 Å². The van der Waals surface area contributed by atoms with Crippen LogP contribution in [0.4, 0.5) is 8.78 Å². The zero-order valence-corrected chi connectivity index (χ0v) is 13.6. The van der Waals surface area contributed by atoms with Crippen LogP contribution in [0.5, 0.6) is 0 Å². The van der Waals surface area contributed by atoms with Crippen LogP contribution >= 0.6 is 0 Å². The molecule has 3 rings (SSSR count). The van der Waals surface area contributed by atoms with Crippen LogP contribution in [0.25, 0.3) is 16.9 Å². The largest absolute Gasteiger partial charge is 0.244 e. The lowest BCUT2D eigenvalue weighted by Crippen LogP contribution is -2.00. The van der Waals surface area contributed by atoms with Gasteiger partial charge in [-0.15, -0.1) is 0 Å². The molecule has 0 N–H and O–H groups in total. The van der Waals surface area contributed by atoms with Gasteiger partial charge in [0.25, 0.3) is 0 Å². The lowest BCUT2D eigenvalue weighted by molar-refractivity contribution is 0.473. The smallest absolute Gasteiger partial charge is 0.175 e. The number of nitrogens with zero attached hydrogens (tertiary/aromatic N) is 2. The molecule has 3 aromatic rings. The fourth-order valence-corrected chi connectivity index (χ4v) is 2.98. The first-order chi connectivity index (χ1) is 11.4. The highest BCUT2D eigenvalue weighted by atomic mass is 32.2. The van der Waals surface area contributed by atoms with E-state index in [2.05, 4.69) is 5.10 Å². The molecule has 0 aliphatic carbocycles. The van der Waals surface area contributed by atoms with Crippen LogP contribution in [0.3, 0.4) is 0 Å². The first-order valence-corrected chi connectivity index (χ1v) is 8.99. The Labute approximate surface area is 138 Å². The van der Waals surface area contributed by atoms with E-state index in [-0.39, 0.29) is 16.4 Å². The van der Waals surface area contributed by atoms with E-state index in [1.807, 2.05) is 0 Å². The average molecular weight is 348 g/mol. The molecule has 0 spiro atoms. The number of hydrogen-bond acceptors (Lipinski definition) is 3. The predicted molar refractivity (Wildman–Crippen MR) is 86.9 cm³/mol. The van der Waals surface area contributed by atoms with Crippen molar-refractivity contribution in [2.75, 3.05) is 6.26 Å². The average Bonchev–Trinajstić information content (AvgIpc) is 2.99. The third-order valence-electron chi connectivity index (χ3n) is 3.55. The Balaban J connectivity index is 2.10. The molecule has 7 heteroatoms. The zero-order chi connectivity index (χ0) is 17.3. The van der Waals surface area contributed by atoms with Gasteiger partial charge in [-0.25, -0.2) is 21.9 Å². The van der Waals surface area contributed by atoms with Crippen molar-refractivity contribution < 1.29 is 17.2 Å². The number of alkyl halides is 1. The molecule has 24 heavy (non-hydrogen) atoms. The van der Waals surface area contributed by atoms with Gasteiger partial charge < -0.3 is 0 Å². The van der Waals surface area contributed by atoms with Crippen molar-refractivity contribution in [1.82, 2.24) is 9.78 Å². The van der Waals surface area contributed by atoms with Gasteiger partial charge in [0.2, 0.25) is 0 Å². The van der Waals surface area contributed by atoms with Gasteiger partial charge in [0.1, 0.15) is 12.5 Å². The number of halogens is 2. The molecule has 0 saturated carbocycles. The molecule has 0 aliphatic rings. The fourth-order valence-electron chi connectivity index (χ4n) is 2.35. The molecular weight excluding hydrogens is 334 g/mol. The van der Waals surface area contributed by atoms with Crippen molar-refractivity contribution in [1.29, 1.82) is 0 Å². The summed E-state index contributed by atoms with van der Waals surface area (Å²) in [6, 6.07) is 13.5. The minimum absolute atomic E-state index is 0.199. The maximum absolute atomic E-state index is 13.1. The van der Waals surface area contributed by atoms with Crippen molar-refractivity contribution in [3.63, 3.8) is 0 Å². The minimum Gasteiger partial charge on any atom is -0.244 e. The Morgan fingerprint density at radius 2 is 1.67 bits per heavy atom. The summed E-state index contributed by atoms with van der Waals surface area (Å²) < 4.78 is 50.7. The molecule has 0 atom stereocenters. The number of aromatic nitrogens is 2. The molecule has 1 heterocycles. The SMILES string of the molecule is CS(=O)(=O)c1ccc(-c2cc(CF)nn2-c2ccc(F)cc2)cc1. The fraction of sp³-hybridized carbons (Fsp3) is 0.118. The molecule has 0 amide bonds. The van der Waals surface area contributed by atoms with Crippen molar-refractivity contribution in [3.05, 3.63) is 66.1 Å². The molecule has 4 nitrogen and oxygen atoms in total. The molecule has 2 aromatic carbocycles. The summed E-state index contributed by atoms with van der Waals surface area (Å²) in [5.74, 6) is -0.379. The van der Waals surface area contributed by atoms with Crippen molar-refractivity contribution >= 4 is 9.84 Å². The Kier molecular flexibility index (Phi) is 4.19. The van der Waals surface area contributed by atoms with E-state index in [9.17, 15) is 17.2 Å². The predicted octanol–water partition coefficient (Wildman–Crippen LogP) is 3.55. The Morgan fingerprint density at radius 3 is 2.21 bits per heavy atom. The van der Waals surface area contributed by atoms with Gasteiger partial charge in [-0.05, 0) is 42.5 Å². The van der Waals surface area contributed by atoms with Crippen LogP contribution < -0.4 is 0 Å². The number of sulfone groups is 1. The normalized spacial score (nSPS) is 11.6. The lowest BCUT2D eigenvalue weighted by atomic mass is 10.1. The van der Waals surface area contributed by atoms with E-state index in [0.29, 0.717) is 16.9 Å². The summed E-state index contributed by atoms with van der Waals surface area (Å²) >= 11 is 0. The maximum Gasteiger partial charge on any atom is 0.175 e. The third kappa shape index (κ3) is 3.21. The van der Waals surface area contributed by atoms with E-state index in [1.165, 1.54) is 28.9 Å². The second-order valence-electron chi connectivity index (χ2n) is 5.34. The summed E-state index contributed by atoms with van der Waals surface area (Å²) in [7, 11) is -3.29. The number of benzene rings is 2. The highest BCUT2D eigenvalue weighted by Gasteiger charge is 2.13. The minimum atomic E-state index is -3.29. The Hall–Kier alpha value is -2.54. The van der Waals surface area contributed by atoms with Gasteiger partial charge in [-0.3, -0.25) is 0 Å². The Morgan fingerprint density at radius 1 is 1.04 bits per heavy atom. The van der Waals surface area contributed by atoms with Gasteiger partial charge in [-0.1, -0.05) is 12.1 Å². The zero-order valence-electron chi connectivity index (χ0n) is 12.8. The summed E-state index contributed by atoms with van der Waals surface area (Å²) in [5.41, 5.74) is 2.09. The van der Waals surface area contributed by atoms with Crippen LogP contribution in [0, 0.1) is 5.82 Å². The summed E-state index contributed by atoms with van der Waals surface area (Å²) in [5, 5.41) is 4.18. The standard InChI is InChI=1S/C17H14F2N2O2S/c1-24(22,23)16-8-2-12(3-9-16)17-10-14(11-18)20-21(17)15-6-4-13(19)5-7-15/h2-10H,11H2,1H3. The number of rotatable bonds is 4. The molecule has 0 radical (unpaired) electrons. The first kappa shape index (κ1) is 16.3. The molecule has 0 fully saturated rings. The molecule has 0 unspecified atom stereocenters. The third-order valence-corrected chi connectivity index (χ3v) is 4.67. The second-order valence-corrected chi connectivity index (χ2v) is 7.36. The van der Waals surface area contributed by atoms with Crippen LogP contribution in [0.1, 0.15) is 5.69 Å². The van der Waals surface area contributed by atoms with Gasteiger partial charge >= 0.3 is 0 Å². The maximum atomic E-state index is 13.1. The molecule has 124 valence electrons. The van der Waals surface area contributed by atoms with Gasteiger partial charge in [0, 0.05) is 11.8 Å². The molecular formula is C17H14F2N2O2S. The van der Waals surface area contributed by atoms with E-state index >= 15 is 0 Å². The van der Waals surface area contributed by atoms with Crippen molar-refractivity contribution in [2.24, 2.45) is 0 Å². The quantitative estimate of drug-likeness (QED) is 0.724. The summed E-state index contributed by atoms with van der Waals surface area (Å²) in [6.07, 6.45) is 1.13. The van der Waals surface area contributed by atoms with E-state index in [0.717, 1.165) is 6.26 Å². The summed E-state index contributed by atoms with van der Waals surface area (Å²) in [6.45, 7) is -0.734. The monoisotopic (exact) mass is 348 g/mol. The van der Waals surface area contributed by atoms with Crippen LogP contribution in [-0.2, 0) is 16.5 Å². The van der Waals surface area contributed by atoms with Gasteiger partial charge in [-0.2, -0.15) is 5.10 Å². The Bertz CT molecular complexity index is 963. The van der Waals surface area contributed by atoms with E-state index in [4.69, 9.17) is 0 Å². The molecule has 1 aromatic heterocycles. The highest BCUT2D eigenvalue weighted by molar-refractivity contribution is 7.90. The van der Waals surface area contributed by atoms with Crippen molar-refractivity contribution in [2.45, 2.75) is 11.6 Å². The second kappa shape index (κ2) is 6.16. The lowest BCUT2D eigenvalue weighted by Gasteiger charge is -2.08. The summed E-state index contributed by atoms with van der Waals surface area (Å²) in [4.78, 5) is 0.199. The van der Waals surface area contributed by atoms with Crippen molar-refractivity contribution in [3.8, 4) is 16.9 Å².